The Morgan fingerprint density at radius 1 is 1.40 bits per heavy atom. The molecule has 118 valence electrons. The molecule has 2 amide bonds. The highest BCUT2D eigenvalue weighted by Crippen LogP contribution is 2.14. The summed E-state index contributed by atoms with van der Waals surface area (Å²) in [5.41, 5.74) is 5.78. The van der Waals surface area contributed by atoms with Crippen LogP contribution in [-0.4, -0.2) is 41.9 Å². The van der Waals surface area contributed by atoms with Crippen LogP contribution in [0.3, 0.4) is 0 Å². The molecule has 1 saturated heterocycles. The molecule has 5 nitrogen and oxygen atoms in total. The third kappa shape index (κ3) is 5.67. The van der Waals surface area contributed by atoms with Crippen LogP contribution in [0.15, 0.2) is 0 Å². The molecule has 0 saturated carbocycles. The van der Waals surface area contributed by atoms with E-state index < -0.39 is 0 Å². The van der Waals surface area contributed by atoms with E-state index in [2.05, 4.69) is 5.32 Å². The van der Waals surface area contributed by atoms with E-state index >= 15 is 0 Å². The zero-order valence-electron chi connectivity index (χ0n) is 12.7. The van der Waals surface area contributed by atoms with E-state index in [4.69, 9.17) is 5.73 Å². The molecular weight excluding hydrogens is 278 g/mol. The Hall–Kier alpha value is -0.810. The number of hydrogen-bond donors (Lipinski definition) is 2. The SMILES string of the molecule is CCCC(=O)NC1CCCN(C(=O)C(C)C(C)N)C1.Cl. The smallest absolute Gasteiger partial charge is 0.227 e. The van der Waals surface area contributed by atoms with Crippen LogP contribution in [0.5, 0.6) is 0 Å². The first kappa shape index (κ1) is 19.2. The van der Waals surface area contributed by atoms with Gasteiger partial charge in [-0.15, -0.1) is 12.4 Å². The first-order valence-corrected chi connectivity index (χ1v) is 7.29. The van der Waals surface area contributed by atoms with E-state index in [1.807, 2.05) is 25.7 Å². The Labute approximate surface area is 128 Å². The number of amides is 2. The molecule has 3 unspecified atom stereocenters. The fourth-order valence-electron chi connectivity index (χ4n) is 2.33. The maximum absolute atomic E-state index is 12.2. The number of likely N-dealkylation sites (tertiary alicyclic amines) is 1. The maximum atomic E-state index is 12.2. The average Bonchev–Trinajstić information content (AvgIpc) is 2.37. The largest absolute Gasteiger partial charge is 0.352 e. The molecule has 0 aromatic rings. The Morgan fingerprint density at radius 2 is 2.05 bits per heavy atom. The van der Waals surface area contributed by atoms with E-state index in [0.29, 0.717) is 13.0 Å². The van der Waals surface area contributed by atoms with Gasteiger partial charge in [-0.25, -0.2) is 0 Å². The average molecular weight is 306 g/mol. The highest BCUT2D eigenvalue weighted by Gasteiger charge is 2.28. The minimum atomic E-state index is -0.162. The molecule has 0 bridgehead atoms. The summed E-state index contributed by atoms with van der Waals surface area (Å²) >= 11 is 0. The highest BCUT2D eigenvalue weighted by atomic mass is 35.5. The molecule has 1 fully saturated rings. The van der Waals surface area contributed by atoms with Gasteiger partial charge < -0.3 is 16.0 Å². The normalized spacial score (nSPS) is 21.6. The van der Waals surface area contributed by atoms with Crippen molar-refractivity contribution in [3.05, 3.63) is 0 Å². The molecule has 0 aromatic carbocycles. The summed E-state index contributed by atoms with van der Waals surface area (Å²) in [6.07, 6.45) is 3.30. The fourth-order valence-corrected chi connectivity index (χ4v) is 2.33. The molecule has 1 rings (SSSR count). The van der Waals surface area contributed by atoms with Crippen molar-refractivity contribution in [2.24, 2.45) is 11.7 Å². The van der Waals surface area contributed by atoms with Crippen LogP contribution in [0.1, 0.15) is 46.5 Å². The van der Waals surface area contributed by atoms with Crippen LogP contribution in [0.4, 0.5) is 0 Å². The molecular formula is C14H28ClN3O2. The van der Waals surface area contributed by atoms with Gasteiger partial charge in [-0.3, -0.25) is 9.59 Å². The van der Waals surface area contributed by atoms with Crippen LogP contribution >= 0.6 is 12.4 Å². The summed E-state index contributed by atoms with van der Waals surface area (Å²) in [7, 11) is 0. The lowest BCUT2D eigenvalue weighted by atomic mass is 9.99. The molecule has 3 N–H and O–H groups in total. The molecule has 0 aromatic heterocycles. The second kappa shape index (κ2) is 9.19. The molecule has 3 atom stereocenters. The summed E-state index contributed by atoms with van der Waals surface area (Å²) < 4.78 is 0. The molecule has 1 aliphatic heterocycles. The lowest BCUT2D eigenvalue weighted by Gasteiger charge is -2.35. The summed E-state index contributed by atoms with van der Waals surface area (Å²) in [5, 5.41) is 3.01. The van der Waals surface area contributed by atoms with Crippen molar-refractivity contribution >= 4 is 24.2 Å². The molecule has 0 radical (unpaired) electrons. The van der Waals surface area contributed by atoms with E-state index in [1.165, 1.54) is 0 Å². The minimum absolute atomic E-state index is 0. The van der Waals surface area contributed by atoms with Gasteiger partial charge in [0.2, 0.25) is 11.8 Å². The number of rotatable bonds is 5. The van der Waals surface area contributed by atoms with Crippen LogP contribution in [-0.2, 0) is 9.59 Å². The molecule has 6 heteroatoms. The third-order valence-electron chi connectivity index (χ3n) is 3.75. The zero-order valence-corrected chi connectivity index (χ0v) is 13.5. The summed E-state index contributed by atoms with van der Waals surface area (Å²) in [5.74, 6) is 0.0246. The lowest BCUT2D eigenvalue weighted by molar-refractivity contribution is -0.137. The number of piperidine rings is 1. The van der Waals surface area contributed by atoms with Crippen molar-refractivity contribution in [2.45, 2.75) is 58.5 Å². The van der Waals surface area contributed by atoms with Crippen LogP contribution < -0.4 is 11.1 Å². The predicted octanol–water partition coefficient (Wildman–Crippen LogP) is 1.30. The van der Waals surface area contributed by atoms with Gasteiger partial charge in [0, 0.05) is 31.6 Å². The van der Waals surface area contributed by atoms with Crippen molar-refractivity contribution in [3.8, 4) is 0 Å². The Kier molecular flexibility index (Phi) is 8.81. The number of carbonyl (C=O) groups is 2. The molecule has 20 heavy (non-hydrogen) atoms. The molecule has 1 heterocycles. The number of nitrogens with two attached hydrogens (primary N) is 1. The zero-order chi connectivity index (χ0) is 14.4. The van der Waals surface area contributed by atoms with Gasteiger partial charge in [0.1, 0.15) is 0 Å². The second-order valence-corrected chi connectivity index (χ2v) is 5.59. The van der Waals surface area contributed by atoms with Crippen LogP contribution in [0.2, 0.25) is 0 Å². The second-order valence-electron chi connectivity index (χ2n) is 5.59. The van der Waals surface area contributed by atoms with Gasteiger partial charge in [0.25, 0.3) is 0 Å². The topological polar surface area (TPSA) is 75.4 Å². The van der Waals surface area contributed by atoms with E-state index in [1.54, 1.807) is 0 Å². The minimum Gasteiger partial charge on any atom is -0.352 e. The molecule has 1 aliphatic rings. The lowest BCUT2D eigenvalue weighted by Crippen LogP contribution is -2.52. The van der Waals surface area contributed by atoms with E-state index in [-0.39, 0.29) is 42.2 Å². The first-order chi connectivity index (χ1) is 8.95. The van der Waals surface area contributed by atoms with E-state index in [0.717, 1.165) is 25.8 Å². The number of nitrogens with one attached hydrogen (secondary N) is 1. The van der Waals surface area contributed by atoms with Gasteiger partial charge >= 0.3 is 0 Å². The Balaban J connectivity index is 0.00000361. The van der Waals surface area contributed by atoms with Crippen molar-refractivity contribution < 1.29 is 9.59 Å². The van der Waals surface area contributed by atoms with Gasteiger partial charge in [-0.2, -0.15) is 0 Å². The van der Waals surface area contributed by atoms with Crippen LogP contribution in [0, 0.1) is 5.92 Å². The van der Waals surface area contributed by atoms with Gasteiger partial charge in [0.05, 0.1) is 5.92 Å². The van der Waals surface area contributed by atoms with Gasteiger partial charge in [-0.1, -0.05) is 13.8 Å². The maximum Gasteiger partial charge on any atom is 0.227 e. The van der Waals surface area contributed by atoms with Gasteiger partial charge in [-0.05, 0) is 26.2 Å². The Bertz CT molecular complexity index is 324. The van der Waals surface area contributed by atoms with E-state index in [9.17, 15) is 9.59 Å². The molecule has 0 spiro atoms. The summed E-state index contributed by atoms with van der Waals surface area (Å²) in [6.45, 7) is 7.10. The summed E-state index contributed by atoms with van der Waals surface area (Å²) in [6, 6.07) is -0.0420. The number of hydrogen-bond acceptors (Lipinski definition) is 3. The van der Waals surface area contributed by atoms with Crippen LogP contribution in [0.25, 0.3) is 0 Å². The van der Waals surface area contributed by atoms with Gasteiger partial charge in [0.15, 0.2) is 0 Å². The quantitative estimate of drug-likeness (QED) is 0.804. The Morgan fingerprint density at radius 3 is 2.60 bits per heavy atom. The third-order valence-corrected chi connectivity index (χ3v) is 3.75. The molecule has 0 aliphatic carbocycles. The standard InChI is InChI=1S/C14H27N3O2.ClH/c1-4-6-13(18)16-12-7-5-8-17(9-12)14(19)10(2)11(3)15;/h10-12H,4-9,15H2,1-3H3,(H,16,18);1H. The number of halogens is 1. The predicted molar refractivity (Wildman–Crippen MR) is 82.7 cm³/mol. The number of nitrogens with zero attached hydrogens (tertiary/aromatic N) is 1. The van der Waals surface area contributed by atoms with Crippen molar-refractivity contribution in [1.82, 2.24) is 10.2 Å². The monoisotopic (exact) mass is 305 g/mol. The summed E-state index contributed by atoms with van der Waals surface area (Å²) in [4.78, 5) is 25.7. The first-order valence-electron chi connectivity index (χ1n) is 7.29. The van der Waals surface area contributed by atoms with Crippen molar-refractivity contribution in [2.75, 3.05) is 13.1 Å². The fraction of sp³-hybridized carbons (Fsp3) is 0.857. The van der Waals surface area contributed by atoms with Crippen molar-refractivity contribution in [1.29, 1.82) is 0 Å². The van der Waals surface area contributed by atoms with Crippen molar-refractivity contribution in [3.63, 3.8) is 0 Å². The number of carbonyl (C=O) groups excluding carboxylic acids is 2. The highest BCUT2D eigenvalue weighted by molar-refractivity contribution is 5.85.